The van der Waals surface area contributed by atoms with Gasteiger partial charge in [-0.05, 0) is 18.1 Å². The Morgan fingerprint density at radius 2 is 1.91 bits per heavy atom. The molecule has 1 atom stereocenters. The SMILES string of the molecule is COCCOCC(=O)N[C@@H](Cc1ccccc1C)C(=O)OC. The predicted molar refractivity (Wildman–Crippen MR) is 81.5 cm³/mol. The standard InChI is InChI=1S/C16H23NO5/c1-12-6-4-5-7-13(12)10-14(16(19)21-3)17-15(18)11-22-9-8-20-2/h4-7,14H,8-11H2,1-3H3,(H,17,18)/t14-/m0/s1. The molecule has 1 aromatic rings. The van der Waals surface area contributed by atoms with E-state index in [1.54, 1.807) is 7.11 Å². The van der Waals surface area contributed by atoms with Gasteiger partial charge in [-0.25, -0.2) is 4.79 Å². The highest BCUT2D eigenvalue weighted by Gasteiger charge is 2.22. The highest BCUT2D eigenvalue weighted by Crippen LogP contribution is 2.10. The van der Waals surface area contributed by atoms with Gasteiger partial charge < -0.3 is 19.5 Å². The first kappa shape index (κ1) is 18.1. The number of hydrogen-bond donors (Lipinski definition) is 1. The Balaban J connectivity index is 2.60. The molecule has 0 unspecified atom stereocenters. The first-order valence-corrected chi connectivity index (χ1v) is 7.06. The summed E-state index contributed by atoms with van der Waals surface area (Å²) in [4.78, 5) is 23.7. The van der Waals surface area contributed by atoms with Crippen LogP contribution in [-0.2, 0) is 30.2 Å². The van der Waals surface area contributed by atoms with Crippen LogP contribution in [0.15, 0.2) is 24.3 Å². The van der Waals surface area contributed by atoms with Crippen LogP contribution in [-0.4, -0.2) is 52.0 Å². The molecule has 0 fully saturated rings. The minimum absolute atomic E-state index is 0.120. The Bertz CT molecular complexity index is 489. The Labute approximate surface area is 130 Å². The lowest BCUT2D eigenvalue weighted by molar-refractivity contribution is -0.145. The molecule has 1 N–H and O–H groups in total. The fraction of sp³-hybridized carbons (Fsp3) is 0.500. The Morgan fingerprint density at radius 3 is 2.55 bits per heavy atom. The summed E-state index contributed by atoms with van der Waals surface area (Å²) >= 11 is 0. The van der Waals surface area contributed by atoms with E-state index in [2.05, 4.69) is 5.32 Å². The number of esters is 1. The van der Waals surface area contributed by atoms with Crippen molar-refractivity contribution in [1.82, 2.24) is 5.32 Å². The molecular weight excluding hydrogens is 286 g/mol. The van der Waals surface area contributed by atoms with E-state index in [0.29, 0.717) is 19.6 Å². The molecule has 1 amide bonds. The van der Waals surface area contributed by atoms with Gasteiger partial charge in [0.2, 0.25) is 5.91 Å². The molecule has 6 nitrogen and oxygen atoms in total. The fourth-order valence-electron chi connectivity index (χ4n) is 1.94. The second-order valence-electron chi connectivity index (χ2n) is 4.82. The van der Waals surface area contributed by atoms with Crippen LogP contribution in [0, 0.1) is 6.92 Å². The van der Waals surface area contributed by atoms with E-state index in [1.165, 1.54) is 7.11 Å². The molecule has 0 saturated heterocycles. The monoisotopic (exact) mass is 309 g/mol. The van der Waals surface area contributed by atoms with Crippen LogP contribution in [0.1, 0.15) is 11.1 Å². The summed E-state index contributed by atoms with van der Waals surface area (Å²) in [6.07, 6.45) is 0.378. The summed E-state index contributed by atoms with van der Waals surface area (Å²) in [5, 5.41) is 2.64. The van der Waals surface area contributed by atoms with Crippen molar-refractivity contribution in [3.63, 3.8) is 0 Å². The van der Waals surface area contributed by atoms with Crippen molar-refractivity contribution in [2.24, 2.45) is 0 Å². The summed E-state index contributed by atoms with van der Waals surface area (Å²) in [5.41, 5.74) is 2.04. The summed E-state index contributed by atoms with van der Waals surface area (Å²) in [5.74, 6) is -0.839. The molecule has 0 aliphatic carbocycles. The molecule has 6 heteroatoms. The van der Waals surface area contributed by atoms with Gasteiger partial charge in [-0.2, -0.15) is 0 Å². The average Bonchev–Trinajstić information content (AvgIpc) is 2.52. The molecule has 1 aromatic carbocycles. The van der Waals surface area contributed by atoms with E-state index in [9.17, 15) is 9.59 Å². The van der Waals surface area contributed by atoms with Gasteiger partial charge in [0.05, 0.1) is 20.3 Å². The van der Waals surface area contributed by atoms with Gasteiger partial charge in [0.1, 0.15) is 12.6 Å². The zero-order valence-electron chi connectivity index (χ0n) is 13.3. The van der Waals surface area contributed by atoms with Crippen molar-refractivity contribution < 1.29 is 23.8 Å². The maximum absolute atomic E-state index is 11.8. The number of carbonyl (C=O) groups is 2. The molecule has 0 aliphatic rings. The first-order chi connectivity index (χ1) is 10.6. The second-order valence-corrected chi connectivity index (χ2v) is 4.82. The molecule has 0 aliphatic heterocycles. The summed E-state index contributed by atoms with van der Waals surface area (Å²) in [6.45, 7) is 2.57. The Kier molecular flexibility index (Phi) is 8.17. The molecule has 0 bridgehead atoms. The first-order valence-electron chi connectivity index (χ1n) is 7.06. The Hall–Kier alpha value is -1.92. The third kappa shape index (κ3) is 6.24. The van der Waals surface area contributed by atoms with Crippen molar-refractivity contribution in [2.45, 2.75) is 19.4 Å². The van der Waals surface area contributed by atoms with Crippen molar-refractivity contribution in [1.29, 1.82) is 0 Å². The molecule has 0 heterocycles. The van der Waals surface area contributed by atoms with E-state index < -0.39 is 12.0 Å². The van der Waals surface area contributed by atoms with Crippen LogP contribution in [0.3, 0.4) is 0 Å². The number of methoxy groups -OCH3 is 2. The van der Waals surface area contributed by atoms with Gasteiger partial charge in [0.25, 0.3) is 0 Å². The van der Waals surface area contributed by atoms with Gasteiger partial charge in [-0.15, -0.1) is 0 Å². The number of hydrogen-bond acceptors (Lipinski definition) is 5. The molecule has 0 saturated carbocycles. The van der Waals surface area contributed by atoms with Crippen molar-refractivity contribution in [3.8, 4) is 0 Å². The predicted octanol–water partition coefficient (Wildman–Crippen LogP) is 0.858. The average molecular weight is 309 g/mol. The quantitative estimate of drug-likeness (QED) is 0.541. The van der Waals surface area contributed by atoms with Crippen molar-refractivity contribution >= 4 is 11.9 Å². The largest absolute Gasteiger partial charge is 0.467 e. The zero-order valence-corrected chi connectivity index (χ0v) is 13.3. The lowest BCUT2D eigenvalue weighted by Crippen LogP contribution is -2.44. The highest BCUT2D eigenvalue weighted by atomic mass is 16.5. The molecular formula is C16H23NO5. The minimum Gasteiger partial charge on any atom is -0.467 e. The summed E-state index contributed by atoms with van der Waals surface area (Å²) in [7, 11) is 2.85. The van der Waals surface area contributed by atoms with Crippen LogP contribution in [0.25, 0.3) is 0 Å². The molecule has 122 valence electrons. The van der Waals surface area contributed by atoms with Crippen molar-refractivity contribution in [3.05, 3.63) is 35.4 Å². The van der Waals surface area contributed by atoms with E-state index >= 15 is 0 Å². The fourth-order valence-corrected chi connectivity index (χ4v) is 1.94. The molecule has 0 radical (unpaired) electrons. The molecule has 1 rings (SSSR count). The third-order valence-electron chi connectivity index (χ3n) is 3.17. The van der Waals surface area contributed by atoms with Crippen LogP contribution in [0.2, 0.25) is 0 Å². The van der Waals surface area contributed by atoms with Gasteiger partial charge >= 0.3 is 5.97 Å². The smallest absolute Gasteiger partial charge is 0.328 e. The highest BCUT2D eigenvalue weighted by molar-refractivity contribution is 5.85. The van der Waals surface area contributed by atoms with Gasteiger partial charge in [-0.1, -0.05) is 24.3 Å². The van der Waals surface area contributed by atoms with Crippen LogP contribution < -0.4 is 5.32 Å². The Morgan fingerprint density at radius 1 is 1.18 bits per heavy atom. The second kappa shape index (κ2) is 9.92. The van der Waals surface area contributed by atoms with Gasteiger partial charge in [0, 0.05) is 13.5 Å². The van der Waals surface area contributed by atoms with Gasteiger partial charge in [-0.3, -0.25) is 4.79 Å². The van der Waals surface area contributed by atoms with E-state index in [4.69, 9.17) is 14.2 Å². The van der Waals surface area contributed by atoms with Gasteiger partial charge in [0.15, 0.2) is 0 Å². The van der Waals surface area contributed by atoms with Crippen molar-refractivity contribution in [2.75, 3.05) is 34.0 Å². The number of carbonyl (C=O) groups excluding carboxylic acids is 2. The van der Waals surface area contributed by atoms with Crippen LogP contribution in [0.5, 0.6) is 0 Å². The summed E-state index contributed by atoms with van der Waals surface area (Å²) in [6, 6.07) is 6.97. The number of nitrogens with one attached hydrogen (secondary N) is 1. The third-order valence-corrected chi connectivity index (χ3v) is 3.17. The van der Waals surface area contributed by atoms with E-state index in [0.717, 1.165) is 11.1 Å². The molecule has 22 heavy (non-hydrogen) atoms. The summed E-state index contributed by atoms with van der Waals surface area (Å²) < 4.78 is 14.7. The topological polar surface area (TPSA) is 73.9 Å². The number of ether oxygens (including phenoxy) is 3. The zero-order chi connectivity index (χ0) is 16.4. The molecule has 0 aromatic heterocycles. The maximum atomic E-state index is 11.8. The lowest BCUT2D eigenvalue weighted by atomic mass is 10.0. The van der Waals surface area contributed by atoms with E-state index in [-0.39, 0.29) is 12.5 Å². The molecule has 0 spiro atoms. The number of amides is 1. The number of rotatable bonds is 9. The maximum Gasteiger partial charge on any atom is 0.328 e. The van der Waals surface area contributed by atoms with Crippen LogP contribution >= 0.6 is 0 Å². The van der Waals surface area contributed by atoms with E-state index in [1.807, 2.05) is 31.2 Å². The van der Waals surface area contributed by atoms with Crippen LogP contribution in [0.4, 0.5) is 0 Å². The minimum atomic E-state index is -0.732. The number of benzene rings is 1. The normalized spacial score (nSPS) is 11.8. The number of aryl methyl sites for hydroxylation is 1. The lowest BCUT2D eigenvalue weighted by Gasteiger charge is -2.17.